The predicted molar refractivity (Wildman–Crippen MR) is 88.8 cm³/mol. The first-order chi connectivity index (χ1) is 8.79. The van der Waals surface area contributed by atoms with Crippen LogP contribution in [0.3, 0.4) is 0 Å². The topological polar surface area (TPSA) is 68.0 Å². The van der Waals surface area contributed by atoms with Crippen molar-refractivity contribution in [3.63, 3.8) is 0 Å². The van der Waals surface area contributed by atoms with Gasteiger partial charge in [0.15, 0.2) is 5.13 Å². The molecule has 0 aromatic carbocycles. The summed E-state index contributed by atoms with van der Waals surface area (Å²) in [6.45, 7) is 10.8. The molecule has 20 heavy (non-hydrogen) atoms. The zero-order chi connectivity index (χ0) is 14.7. The van der Waals surface area contributed by atoms with Gasteiger partial charge in [-0.15, -0.1) is 23.7 Å². The van der Waals surface area contributed by atoms with Crippen LogP contribution >= 0.6 is 23.7 Å². The Morgan fingerprint density at radius 3 is 2.25 bits per heavy atom. The third kappa shape index (κ3) is 4.17. The second kappa shape index (κ2) is 7.38. The molecule has 0 bridgehead atoms. The summed E-state index contributed by atoms with van der Waals surface area (Å²) in [5.74, 6) is -0.0187. The van der Waals surface area contributed by atoms with Gasteiger partial charge in [0.2, 0.25) is 5.91 Å². The molecule has 0 spiro atoms. The van der Waals surface area contributed by atoms with Gasteiger partial charge in [-0.25, -0.2) is 4.98 Å². The van der Waals surface area contributed by atoms with E-state index in [4.69, 9.17) is 5.73 Å². The lowest BCUT2D eigenvalue weighted by Crippen LogP contribution is -2.41. The number of anilines is 1. The summed E-state index contributed by atoms with van der Waals surface area (Å²) >= 11 is 1.53. The second-order valence-electron chi connectivity index (χ2n) is 5.93. The van der Waals surface area contributed by atoms with Crippen LogP contribution in [-0.2, 0) is 10.2 Å². The number of rotatable bonds is 5. The van der Waals surface area contributed by atoms with Crippen molar-refractivity contribution in [3.8, 4) is 0 Å². The van der Waals surface area contributed by atoms with Gasteiger partial charge >= 0.3 is 0 Å². The number of halogens is 1. The maximum absolute atomic E-state index is 12.4. The van der Waals surface area contributed by atoms with E-state index in [0.717, 1.165) is 17.7 Å². The normalized spacial score (nSPS) is 11.9. The first-order valence-electron chi connectivity index (χ1n) is 6.77. The van der Waals surface area contributed by atoms with Gasteiger partial charge < -0.3 is 11.1 Å². The van der Waals surface area contributed by atoms with E-state index < -0.39 is 5.41 Å². The van der Waals surface area contributed by atoms with Crippen molar-refractivity contribution in [3.05, 3.63) is 11.1 Å². The highest BCUT2D eigenvalue weighted by Gasteiger charge is 2.34. The van der Waals surface area contributed by atoms with E-state index in [1.807, 2.05) is 20.0 Å². The van der Waals surface area contributed by atoms with Crippen LogP contribution in [0.1, 0.15) is 52.3 Å². The Bertz CT molecular complexity index is 428. The molecule has 116 valence electrons. The molecule has 4 nitrogen and oxygen atoms in total. The van der Waals surface area contributed by atoms with Gasteiger partial charge in [-0.1, -0.05) is 34.6 Å². The summed E-state index contributed by atoms with van der Waals surface area (Å²) < 4.78 is 0. The molecule has 0 saturated carbocycles. The zero-order valence-corrected chi connectivity index (χ0v) is 14.6. The number of nitrogens with two attached hydrogens (primary N) is 1. The fraction of sp³-hybridized carbons (Fsp3) is 0.714. The summed E-state index contributed by atoms with van der Waals surface area (Å²) in [4.78, 5) is 17.8. The number of carbonyl (C=O) groups is 1. The van der Waals surface area contributed by atoms with Gasteiger partial charge in [-0.05, 0) is 18.3 Å². The standard InChI is InChI=1S/C14H25N3OS.ClH/c1-6-14(7-2,9-15)11(18)17-12-16-8-10(19-12)13(3,4)5;/h8H,6-7,9,15H2,1-5H3,(H,16,17,18);1H. The van der Waals surface area contributed by atoms with Gasteiger partial charge in [0.05, 0.1) is 5.41 Å². The van der Waals surface area contributed by atoms with Crippen LogP contribution in [0.2, 0.25) is 0 Å². The van der Waals surface area contributed by atoms with E-state index in [9.17, 15) is 4.79 Å². The number of amides is 1. The van der Waals surface area contributed by atoms with Crippen LogP contribution < -0.4 is 11.1 Å². The highest BCUT2D eigenvalue weighted by atomic mass is 35.5. The lowest BCUT2D eigenvalue weighted by Gasteiger charge is -2.27. The van der Waals surface area contributed by atoms with E-state index in [0.29, 0.717) is 11.7 Å². The minimum Gasteiger partial charge on any atom is -0.329 e. The summed E-state index contributed by atoms with van der Waals surface area (Å²) in [5, 5.41) is 3.58. The van der Waals surface area contributed by atoms with E-state index >= 15 is 0 Å². The van der Waals surface area contributed by atoms with Gasteiger partial charge in [-0.3, -0.25) is 4.79 Å². The molecule has 1 rings (SSSR count). The predicted octanol–water partition coefficient (Wildman–Crippen LogP) is 3.57. The van der Waals surface area contributed by atoms with Crippen LogP contribution in [-0.4, -0.2) is 17.4 Å². The molecule has 1 amide bonds. The van der Waals surface area contributed by atoms with Crippen molar-refractivity contribution in [2.75, 3.05) is 11.9 Å². The van der Waals surface area contributed by atoms with Gasteiger partial charge in [0, 0.05) is 17.6 Å². The summed E-state index contributed by atoms with van der Waals surface area (Å²) in [5.41, 5.74) is 5.36. The van der Waals surface area contributed by atoms with E-state index in [1.54, 1.807) is 0 Å². The van der Waals surface area contributed by atoms with Crippen LogP contribution in [0, 0.1) is 5.41 Å². The Hall–Kier alpha value is -0.650. The first-order valence-corrected chi connectivity index (χ1v) is 7.58. The molecule has 0 aliphatic carbocycles. The van der Waals surface area contributed by atoms with E-state index in [2.05, 4.69) is 31.1 Å². The smallest absolute Gasteiger partial charge is 0.233 e. The molecular weight excluding hydrogens is 294 g/mol. The van der Waals surface area contributed by atoms with Crippen molar-refractivity contribution in [2.45, 2.75) is 52.9 Å². The van der Waals surface area contributed by atoms with Gasteiger partial charge in [0.1, 0.15) is 0 Å². The average Bonchev–Trinajstić information content (AvgIpc) is 2.80. The van der Waals surface area contributed by atoms with Crippen molar-refractivity contribution in [2.24, 2.45) is 11.1 Å². The molecule has 0 saturated heterocycles. The molecule has 6 heteroatoms. The van der Waals surface area contributed by atoms with Crippen LogP contribution in [0.15, 0.2) is 6.20 Å². The molecular formula is C14H26ClN3OS. The Kier molecular flexibility index (Phi) is 7.14. The quantitative estimate of drug-likeness (QED) is 0.871. The Labute approximate surface area is 132 Å². The lowest BCUT2D eigenvalue weighted by molar-refractivity contribution is -0.125. The molecule has 0 unspecified atom stereocenters. The third-order valence-electron chi connectivity index (χ3n) is 3.69. The number of nitrogens with one attached hydrogen (secondary N) is 1. The molecule has 0 atom stereocenters. The first kappa shape index (κ1) is 19.4. The van der Waals surface area contributed by atoms with E-state index in [1.165, 1.54) is 11.3 Å². The maximum Gasteiger partial charge on any atom is 0.233 e. The number of thiazole rings is 1. The highest BCUT2D eigenvalue weighted by Crippen LogP contribution is 2.32. The third-order valence-corrected chi connectivity index (χ3v) is 5.03. The summed E-state index contributed by atoms with van der Waals surface area (Å²) in [7, 11) is 0. The molecule has 0 fully saturated rings. The fourth-order valence-electron chi connectivity index (χ4n) is 1.86. The second-order valence-corrected chi connectivity index (χ2v) is 6.96. The van der Waals surface area contributed by atoms with Gasteiger partial charge in [-0.2, -0.15) is 0 Å². The van der Waals surface area contributed by atoms with Crippen molar-refractivity contribution < 1.29 is 4.79 Å². The Morgan fingerprint density at radius 2 is 1.90 bits per heavy atom. The molecule has 1 heterocycles. The number of nitrogens with zero attached hydrogens (tertiary/aromatic N) is 1. The van der Waals surface area contributed by atoms with Crippen molar-refractivity contribution >= 4 is 34.8 Å². The number of aromatic nitrogens is 1. The SMILES string of the molecule is CCC(CC)(CN)C(=O)Nc1ncc(C(C)(C)C)s1.Cl. The highest BCUT2D eigenvalue weighted by molar-refractivity contribution is 7.15. The summed E-state index contributed by atoms with van der Waals surface area (Å²) in [6.07, 6.45) is 3.31. The number of hydrogen-bond acceptors (Lipinski definition) is 4. The molecule has 0 radical (unpaired) electrons. The minimum atomic E-state index is -0.479. The lowest BCUT2D eigenvalue weighted by atomic mass is 9.81. The average molecular weight is 320 g/mol. The van der Waals surface area contributed by atoms with Crippen LogP contribution in [0.4, 0.5) is 5.13 Å². The van der Waals surface area contributed by atoms with Crippen LogP contribution in [0.25, 0.3) is 0 Å². The Balaban J connectivity index is 0.00000361. The Morgan fingerprint density at radius 1 is 1.35 bits per heavy atom. The maximum atomic E-state index is 12.4. The molecule has 0 aliphatic rings. The minimum absolute atomic E-state index is 0. The van der Waals surface area contributed by atoms with E-state index in [-0.39, 0.29) is 23.7 Å². The number of hydrogen-bond donors (Lipinski definition) is 2. The molecule has 3 N–H and O–H groups in total. The summed E-state index contributed by atoms with van der Waals surface area (Å²) in [6, 6.07) is 0. The zero-order valence-electron chi connectivity index (χ0n) is 12.9. The largest absolute Gasteiger partial charge is 0.329 e. The van der Waals surface area contributed by atoms with Crippen molar-refractivity contribution in [1.82, 2.24) is 4.98 Å². The van der Waals surface area contributed by atoms with Gasteiger partial charge in [0.25, 0.3) is 0 Å². The van der Waals surface area contributed by atoms with Crippen molar-refractivity contribution in [1.29, 1.82) is 0 Å². The molecule has 1 aromatic heterocycles. The van der Waals surface area contributed by atoms with Crippen LogP contribution in [0.5, 0.6) is 0 Å². The molecule has 0 aliphatic heterocycles. The molecule has 1 aromatic rings. The monoisotopic (exact) mass is 319 g/mol. The fourth-order valence-corrected chi connectivity index (χ4v) is 2.73. The number of carbonyl (C=O) groups excluding carboxylic acids is 1.